The first kappa shape index (κ1) is 15.8. The van der Waals surface area contributed by atoms with Crippen LogP contribution in [0.1, 0.15) is 75.8 Å². The smallest absolute Gasteiger partial charge is 0.0228 e. The van der Waals surface area contributed by atoms with E-state index in [1.165, 1.54) is 68.9 Å². The van der Waals surface area contributed by atoms with Crippen molar-refractivity contribution in [1.82, 2.24) is 0 Å². The molecule has 0 saturated heterocycles. The fraction of sp³-hybridized carbons (Fsp3) is 0.636. The minimum absolute atomic E-state index is 0.969. The predicted octanol–water partition coefficient (Wildman–Crippen LogP) is 6.79. The molecule has 2 aliphatic carbocycles. The van der Waals surface area contributed by atoms with Gasteiger partial charge in [0.05, 0.1) is 0 Å². The highest BCUT2D eigenvalue weighted by atomic mass is 14.3. The van der Waals surface area contributed by atoms with Gasteiger partial charge in [0.1, 0.15) is 0 Å². The molecule has 1 fully saturated rings. The summed E-state index contributed by atoms with van der Waals surface area (Å²) in [6.07, 6.45) is 15.4. The van der Waals surface area contributed by atoms with Crippen molar-refractivity contribution in [3.8, 4) is 0 Å². The number of aryl methyl sites for hydroxylation is 1. The molecule has 0 aromatic heterocycles. The first-order chi connectivity index (χ1) is 10.8. The highest BCUT2D eigenvalue weighted by molar-refractivity contribution is 5.66. The van der Waals surface area contributed by atoms with Gasteiger partial charge in [0.25, 0.3) is 0 Å². The Bertz CT molecular complexity index is 485. The molecule has 0 bridgehead atoms. The molecule has 0 nitrogen and oxygen atoms in total. The highest BCUT2D eigenvalue weighted by Crippen LogP contribution is 2.41. The lowest BCUT2D eigenvalue weighted by molar-refractivity contribution is 0.189. The lowest BCUT2D eigenvalue weighted by Gasteiger charge is -2.35. The van der Waals surface area contributed by atoms with E-state index in [9.17, 15) is 0 Å². The second-order valence-electron chi connectivity index (χ2n) is 7.70. The Morgan fingerprint density at radius 3 is 2.23 bits per heavy atom. The Hall–Kier alpha value is -1.04. The summed E-state index contributed by atoms with van der Waals surface area (Å²) >= 11 is 0. The van der Waals surface area contributed by atoms with Crippen LogP contribution in [0.2, 0.25) is 0 Å². The van der Waals surface area contributed by atoms with E-state index in [4.69, 9.17) is 0 Å². The van der Waals surface area contributed by atoms with Gasteiger partial charge in [0.15, 0.2) is 0 Å². The van der Waals surface area contributed by atoms with Gasteiger partial charge in [-0.1, -0.05) is 68.5 Å². The molecule has 1 aromatic rings. The highest BCUT2D eigenvalue weighted by Gasteiger charge is 2.28. The molecule has 0 N–H and O–H groups in total. The Kier molecular flexibility index (Phi) is 5.39. The molecule has 0 heterocycles. The summed E-state index contributed by atoms with van der Waals surface area (Å²) < 4.78 is 0. The van der Waals surface area contributed by atoms with E-state index in [1.54, 1.807) is 5.57 Å². The van der Waals surface area contributed by atoms with Crippen LogP contribution in [-0.2, 0) is 0 Å². The Morgan fingerprint density at radius 1 is 0.909 bits per heavy atom. The maximum Gasteiger partial charge on any atom is -0.0228 e. The van der Waals surface area contributed by atoms with Crippen LogP contribution in [0.25, 0.3) is 5.57 Å². The molecule has 0 heteroatoms. The zero-order chi connectivity index (χ0) is 15.4. The molecule has 1 atom stereocenters. The summed E-state index contributed by atoms with van der Waals surface area (Å²) in [6.45, 7) is 4.51. The third kappa shape index (κ3) is 3.83. The molecule has 0 aliphatic heterocycles. The number of hydrogen-bond donors (Lipinski definition) is 0. The summed E-state index contributed by atoms with van der Waals surface area (Å²) in [7, 11) is 0. The van der Waals surface area contributed by atoms with Crippen LogP contribution in [0.4, 0.5) is 0 Å². The number of allylic oxidation sites excluding steroid dienone is 2. The SMILES string of the molecule is CCCC1CCC(C2CC=C(c3ccc(C)cc3)CC2)CC1. The van der Waals surface area contributed by atoms with E-state index < -0.39 is 0 Å². The van der Waals surface area contributed by atoms with Gasteiger partial charge >= 0.3 is 0 Å². The van der Waals surface area contributed by atoms with Gasteiger partial charge in [-0.15, -0.1) is 0 Å². The lowest BCUT2D eigenvalue weighted by Crippen LogP contribution is -2.23. The van der Waals surface area contributed by atoms with Gasteiger partial charge in [-0.05, 0) is 67.9 Å². The zero-order valence-electron chi connectivity index (χ0n) is 14.5. The van der Waals surface area contributed by atoms with Crippen LogP contribution in [0, 0.1) is 24.7 Å². The molecule has 0 amide bonds. The van der Waals surface area contributed by atoms with Gasteiger partial charge in [-0.2, -0.15) is 0 Å². The molecule has 1 saturated carbocycles. The van der Waals surface area contributed by atoms with Gasteiger partial charge in [0, 0.05) is 0 Å². The van der Waals surface area contributed by atoms with Crippen molar-refractivity contribution in [2.24, 2.45) is 17.8 Å². The predicted molar refractivity (Wildman–Crippen MR) is 96.9 cm³/mol. The molecular formula is C22H32. The van der Waals surface area contributed by atoms with Crippen molar-refractivity contribution in [1.29, 1.82) is 0 Å². The Balaban J connectivity index is 1.54. The third-order valence-electron chi connectivity index (χ3n) is 6.13. The maximum atomic E-state index is 2.55. The quantitative estimate of drug-likeness (QED) is 0.574. The van der Waals surface area contributed by atoms with E-state index in [-0.39, 0.29) is 0 Å². The lowest BCUT2D eigenvalue weighted by atomic mass is 9.70. The van der Waals surface area contributed by atoms with Crippen molar-refractivity contribution >= 4 is 5.57 Å². The second kappa shape index (κ2) is 7.49. The van der Waals surface area contributed by atoms with Crippen LogP contribution in [0.3, 0.4) is 0 Å². The monoisotopic (exact) mass is 296 g/mol. The molecule has 1 aromatic carbocycles. The van der Waals surface area contributed by atoms with E-state index in [2.05, 4.69) is 44.2 Å². The summed E-state index contributed by atoms with van der Waals surface area (Å²) in [5.41, 5.74) is 4.41. The van der Waals surface area contributed by atoms with Crippen LogP contribution >= 0.6 is 0 Å². The second-order valence-corrected chi connectivity index (χ2v) is 7.70. The van der Waals surface area contributed by atoms with E-state index in [0.717, 1.165) is 17.8 Å². The summed E-state index contributed by atoms with van der Waals surface area (Å²) in [5.74, 6) is 3.03. The molecule has 0 spiro atoms. The minimum Gasteiger partial charge on any atom is -0.0804 e. The standard InChI is InChI=1S/C22H32/c1-3-4-18-7-11-20(12-8-18)22-15-13-21(14-16-22)19-9-5-17(2)6-10-19/h5-6,9-10,13,18,20,22H,3-4,7-8,11-12,14-16H2,1-2H3. The zero-order valence-corrected chi connectivity index (χ0v) is 14.5. The Morgan fingerprint density at radius 2 is 1.64 bits per heavy atom. The number of benzene rings is 1. The van der Waals surface area contributed by atoms with Crippen molar-refractivity contribution in [3.05, 3.63) is 41.5 Å². The van der Waals surface area contributed by atoms with E-state index >= 15 is 0 Å². The summed E-state index contributed by atoms with van der Waals surface area (Å²) in [4.78, 5) is 0. The number of hydrogen-bond acceptors (Lipinski definition) is 0. The van der Waals surface area contributed by atoms with Crippen LogP contribution < -0.4 is 0 Å². The first-order valence-corrected chi connectivity index (χ1v) is 9.52. The molecule has 3 rings (SSSR count). The molecule has 1 unspecified atom stereocenters. The molecule has 22 heavy (non-hydrogen) atoms. The Labute approximate surface area is 137 Å². The average molecular weight is 296 g/mol. The van der Waals surface area contributed by atoms with Crippen molar-refractivity contribution in [2.75, 3.05) is 0 Å². The fourth-order valence-electron chi connectivity index (χ4n) is 4.67. The van der Waals surface area contributed by atoms with Crippen LogP contribution in [0.15, 0.2) is 30.3 Å². The largest absolute Gasteiger partial charge is 0.0804 e. The van der Waals surface area contributed by atoms with Gasteiger partial charge < -0.3 is 0 Å². The molecule has 120 valence electrons. The molecule has 2 aliphatic rings. The van der Waals surface area contributed by atoms with Crippen molar-refractivity contribution in [3.63, 3.8) is 0 Å². The maximum absolute atomic E-state index is 2.55. The van der Waals surface area contributed by atoms with Crippen molar-refractivity contribution in [2.45, 2.75) is 71.6 Å². The van der Waals surface area contributed by atoms with E-state index in [1.807, 2.05) is 0 Å². The number of rotatable bonds is 4. The normalized spacial score (nSPS) is 29.2. The fourth-order valence-corrected chi connectivity index (χ4v) is 4.67. The van der Waals surface area contributed by atoms with E-state index in [0.29, 0.717) is 0 Å². The molecule has 0 radical (unpaired) electrons. The van der Waals surface area contributed by atoms with Gasteiger partial charge in [0.2, 0.25) is 0 Å². The van der Waals surface area contributed by atoms with Crippen molar-refractivity contribution < 1.29 is 0 Å². The van der Waals surface area contributed by atoms with Crippen LogP contribution in [0.5, 0.6) is 0 Å². The van der Waals surface area contributed by atoms with Gasteiger partial charge in [-0.25, -0.2) is 0 Å². The molecular weight excluding hydrogens is 264 g/mol. The first-order valence-electron chi connectivity index (χ1n) is 9.52. The van der Waals surface area contributed by atoms with Gasteiger partial charge in [-0.3, -0.25) is 0 Å². The summed E-state index contributed by atoms with van der Waals surface area (Å²) in [6, 6.07) is 9.10. The summed E-state index contributed by atoms with van der Waals surface area (Å²) in [5, 5.41) is 0. The average Bonchev–Trinajstić information content (AvgIpc) is 2.57. The third-order valence-corrected chi connectivity index (χ3v) is 6.13. The minimum atomic E-state index is 0.969. The topological polar surface area (TPSA) is 0 Å². The van der Waals surface area contributed by atoms with Crippen LogP contribution in [-0.4, -0.2) is 0 Å².